The first-order valence-corrected chi connectivity index (χ1v) is 10.6. The van der Waals surface area contributed by atoms with Crippen molar-refractivity contribution >= 4 is 0 Å². The second kappa shape index (κ2) is 9.73. The molecule has 0 saturated carbocycles. The summed E-state index contributed by atoms with van der Waals surface area (Å²) in [4.78, 5) is 2.60. The van der Waals surface area contributed by atoms with Crippen LogP contribution in [0.1, 0.15) is 34.7 Å². The van der Waals surface area contributed by atoms with E-state index in [2.05, 4.69) is 89.9 Å². The summed E-state index contributed by atoms with van der Waals surface area (Å²) < 4.78 is 6.12. The molecule has 1 aliphatic heterocycles. The van der Waals surface area contributed by atoms with E-state index in [1.807, 2.05) is 6.07 Å². The highest BCUT2D eigenvalue weighted by Gasteiger charge is 2.23. The highest BCUT2D eigenvalue weighted by atomic mass is 16.5. The van der Waals surface area contributed by atoms with Gasteiger partial charge in [0, 0.05) is 19.6 Å². The zero-order valence-corrected chi connectivity index (χ0v) is 17.2. The van der Waals surface area contributed by atoms with Gasteiger partial charge in [-0.05, 0) is 48.7 Å². The van der Waals surface area contributed by atoms with Crippen molar-refractivity contribution in [2.24, 2.45) is 0 Å². The van der Waals surface area contributed by atoms with Crippen molar-refractivity contribution in [2.75, 3.05) is 26.2 Å². The molecule has 0 aromatic heterocycles. The maximum absolute atomic E-state index is 6.12. The first-order valence-electron chi connectivity index (χ1n) is 10.6. The van der Waals surface area contributed by atoms with Crippen molar-refractivity contribution in [3.05, 3.63) is 101 Å². The lowest BCUT2D eigenvalue weighted by molar-refractivity contribution is 0.240. The van der Waals surface area contributed by atoms with Gasteiger partial charge in [0.15, 0.2) is 0 Å². The standard InChI is InChI=1S/C26H30N2O/c1-21-11-13-23(14-12-21)26(28-17-6-15-27-16-18-28)24-9-5-10-25(19-24)29-20-22-7-3-2-4-8-22/h2-5,7-14,19,26-27H,6,15-18,20H2,1H3. The summed E-state index contributed by atoms with van der Waals surface area (Å²) in [6, 6.07) is 28.2. The number of benzene rings is 3. The minimum absolute atomic E-state index is 0.246. The van der Waals surface area contributed by atoms with E-state index in [0.717, 1.165) is 31.9 Å². The zero-order chi connectivity index (χ0) is 19.9. The summed E-state index contributed by atoms with van der Waals surface area (Å²) in [7, 11) is 0. The van der Waals surface area contributed by atoms with Gasteiger partial charge in [0.2, 0.25) is 0 Å². The van der Waals surface area contributed by atoms with Crippen LogP contribution in [-0.2, 0) is 6.61 Å². The monoisotopic (exact) mass is 386 g/mol. The van der Waals surface area contributed by atoms with Crippen molar-refractivity contribution in [2.45, 2.75) is 26.0 Å². The van der Waals surface area contributed by atoms with Crippen LogP contribution in [0.3, 0.4) is 0 Å². The lowest BCUT2D eigenvalue weighted by Gasteiger charge is -2.31. The predicted octanol–water partition coefficient (Wildman–Crippen LogP) is 4.96. The Morgan fingerprint density at radius 3 is 2.52 bits per heavy atom. The molecule has 3 heteroatoms. The normalized spacial score (nSPS) is 16.2. The summed E-state index contributed by atoms with van der Waals surface area (Å²) >= 11 is 0. The van der Waals surface area contributed by atoms with Crippen molar-refractivity contribution in [3.63, 3.8) is 0 Å². The molecule has 1 unspecified atom stereocenters. The second-order valence-corrected chi connectivity index (χ2v) is 7.80. The van der Waals surface area contributed by atoms with Gasteiger partial charge >= 0.3 is 0 Å². The number of aryl methyl sites for hydroxylation is 1. The third kappa shape index (κ3) is 5.26. The molecule has 4 rings (SSSR count). The molecule has 29 heavy (non-hydrogen) atoms. The number of nitrogens with zero attached hydrogens (tertiary/aromatic N) is 1. The summed E-state index contributed by atoms with van der Waals surface area (Å²) in [6.07, 6.45) is 1.17. The minimum atomic E-state index is 0.246. The van der Waals surface area contributed by atoms with Crippen LogP contribution in [0.4, 0.5) is 0 Å². The Balaban J connectivity index is 1.60. The topological polar surface area (TPSA) is 24.5 Å². The number of rotatable bonds is 6. The van der Waals surface area contributed by atoms with Crippen molar-refractivity contribution in [1.29, 1.82) is 0 Å². The Morgan fingerprint density at radius 2 is 1.69 bits per heavy atom. The Bertz CT molecular complexity index is 884. The quantitative estimate of drug-likeness (QED) is 0.648. The molecule has 0 bridgehead atoms. The third-order valence-electron chi connectivity index (χ3n) is 5.56. The molecule has 3 aromatic rings. The molecule has 3 aromatic carbocycles. The van der Waals surface area contributed by atoms with Crippen LogP contribution in [0.5, 0.6) is 5.75 Å². The second-order valence-electron chi connectivity index (χ2n) is 7.80. The molecule has 1 N–H and O–H groups in total. The van der Waals surface area contributed by atoms with Crippen LogP contribution in [-0.4, -0.2) is 31.1 Å². The summed E-state index contributed by atoms with van der Waals surface area (Å²) in [5.74, 6) is 0.927. The van der Waals surface area contributed by atoms with E-state index in [0.29, 0.717) is 6.61 Å². The molecule has 0 spiro atoms. The minimum Gasteiger partial charge on any atom is -0.489 e. The van der Waals surface area contributed by atoms with Gasteiger partial charge in [0.05, 0.1) is 6.04 Å². The van der Waals surface area contributed by atoms with Gasteiger partial charge in [-0.15, -0.1) is 0 Å². The first-order chi connectivity index (χ1) is 14.3. The Hall–Kier alpha value is -2.62. The molecule has 0 aliphatic carbocycles. The van der Waals surface area contributed by atoms with E-state index in [-0.39, 0.29) is 6.04 Å². The molecule has 150 valence electrons. The molecule has 0 radical (unpaired) electrons. The fourth-order valence-corrected chi connectivity index (χ4v) is 4.00. The lowest BCUT2D eigenvalue weighted by atomic mass is 9.95. The zero-order valence-electron chi connectivity index (χ0n) is 17.2. The number of ether oxygens (including phenoxy) is 1. The number of hydrogen-bond acceptors (Lipinski definition) is 3. The predicted molar refractivity (Wildman–Crippen MR) is 119 cm³/mol. The highest BCUT2D eigenvalue weighted by molar-refractivity contribution is 5.38. The summed E-state index contributed by atoms with van der Waals surface area (Å²) in [5.41, 5.74) is 5.12. The fourth-order valence-electron chi connectivity index (χ4n) is 4.00. The molecule has 1 fully saturated rings. The van der Waals surface area contributed by atoms with Crippen LogP contribution in [0.25, 0.3) is 0 Å². The fraction of sp³-hybridized carbons (Fsp3) is 0.308. The molecule has 3 nitrogen and oxygen atoms in total. The number of hydrogen-bond donors (Lipinski definition) is 1. The van der Waals surface area contributed by atoms with E-state index < -0.39 is 0 Å². The molecule has 1 heterocycles. The molecule has 1 atom stereocenters. The van der Waals surface area contributed by atoms with Crippen LogP contribution in [0.15, 0.2) is 78.9 Å². The Kier molecular flexibility index (Phi) is 6.60. The van der Waals surface area contributed by atoms with E-state index in [1.165, 1.54) is 28.7 Å². The molecular weight excluding hydrogens is 356 g/mol. The average molecular weight is 387 g/mol. The van der Waals surface area contributed by atoms with Crippen molar-refractivity contribution in [1.82, 2.24) is 10.2 Å². The maximum atomic E-state index is 6.12. The average Bonchev–Trinajstić information content (AvgIpc) is 3.04. The molecule has 1 aliphatic rings. The largest absolute Gasteiger partial charge is 0.489 e. The van der Waals surface area contributed by atoms with Gasteiger partial charge in [-0.2, -0.15) is 0 Å². The molecule has 1 saturated heterocycles. The van der Waals surface area contributed by atoms with Gasteiger partial charge in [-0.1, -0.05) is 72.3 Å². The van der Waals surface area contributed by atoms with Crippen LogP contribution in [0, 0.1) is 6.92 Å². The van der Waals surface area contributed by atoms with Crippen LogP contribution in [0.2, 0.25) is 0 Å². The maximum Gasteiger partial charge on any atom is 0.120 e. The van der Waals surface area contributed by atoms with E-state index in [9.17, 15) is 0 Å². The third-order valence-corrected chi connectivity index (χ3v) is 5.56. The van der Waals surface area contributed by atoms with E-state index >= 15 is 0 Å². The summed E-state index contributed by atoms with van der Waals surface area (Å²) in [5, 5.41) is 3.53. The molecular formula is C26H30N2O. The van der Waals surface area contributed by atoms with Gasteiger partial charge in [-0.25, -0.2) is 0 Å². The lowest BCUT2D eigenvalue weighted by Crippen LogP contribution is -2.33. The smallest absolute Gasteiger partial charge is 0.120 e. The van der Waals surface area contributed by atoms with Crippen LogP contribution < -0.4 is 10.1 Å². The Labute approximate surface area is 174 Å². The highest BCUT2D eigenvalue weighted by Crippen LogP contribution is 2.31. The number of nitrogens with one attached hydrogen (secondary N) is 1. The van der Waals surface area contributed by atoms with Crippen molar-refractivity contribution in [3.8, 4) is 5.75 Å². The van der Waals surface area contributed by atoms with Crippen LogP contribution >= 0.6 is 0 Å². The van der Waals surface area contributed by atoms with Gasteiger partial charge < -0.3 is 10.1 Å². The van der Waals surface area contributed by atoms with Crippen molar-refractivity contribution < 1.29 is 4.74 Å². The van der Waals surface area contributed by atoms with E-state index in [1.54, 1.807) is 0 Å². The van der Waals surface area contributed by atoms with E-state index in [4.69, 9.17) is 4.74 Å². The summed E-state index contributed by atoms with van der Waals surface area (Å²) in [6.45, 7) is 7.01. The van der Waals surface area contributed by atoms with Gasteiger partial charge in [0.25, 0.3) is 0 Å². The SMILES string of the molecule is Cc1ccc(C(c2cccc(OCc3ccccc3)c2)N2CCCNCC2)cc1. The van der Waals surface area contributed by atoms with Gasteiger partial charge in [0.1, 0.15) is 12.4 Å². The Morgan fingerprint density at radius 1 is 0.862 bits per heavy atom. The molecule has 0 amide bonds. The van der Waals surface area contributed by atoms with Gasteiger partial charge in [-0.3, -0.25) is 4.90 Å². The first kappa shape index (κ1) is 19.7.